The molecule has 3 nitrogen and oxygen atoms in total. The molecule has 0 bridgehead atoms. The fourth-order valence-electron chi connectivity index (χ4n) is 2.15. The van der Waals surface area contributed by atoms with Gasteiger partial charge in [0.05, 0.1) is 12.2 Å². The first-order valence-corrected chi connectivity index (χ1v) is 8.24. The molecule has 0 saturated carbocycles. The van der Waals surface area contributed by atoms with Crippen molar-refractivity contribution in [2.45, 2.75) is 6.54 Å². The Labute approximate surface area is 143 Å². The molecular weight excluding hydrogens is 323 g/mol. The summed E-state index contributed by atoms with van der Waals surface area (Å²) >= 11 is 1.44. The minimum absolute atomic E-state index is 0.193. The Bertz CT molecular complexity index is 859. The Morgan fingerprint density at radius 2 is 1.96 bits per heavy atom. The summed E-state index contributed by atoms with van der Waals surface area (Å²) < 4.78 is 13.8. The number of carbonyl (C=O) groups excluding carboxylic acids is 1. The number of benzene rings is 1. The normalized spacial score (nSPS) is 10.9. The summed E-state index contributed by atoms with van der Waals surface area (Å²) in [6.07, 6.45) is 4.88. The van der Waals surface area contributed by atoms with Gasteiger partial charge in [-0.2, -0.15) is 0 Å². The van der Waals surface area contributed by atoms with E-state index in [4.69, 9.17) is 0 Å². The highest BCUT2D eigenvalue weighted by molar-refractivity contribution is 7.16. The Morgan fingerprint density at radius 1 is 1.12 bits per heavy atom. The molecule has 1 aromatic carbocycles. The van der Waals surface area contributed by atoms with Gasteiger partial charge in [0.2, 0.25) is 5.91 Å². The van der Waals surface area contributed by atoms with E-state index in [1.54, 1.807) is 30.5 Å². The number of halogens is 1. The van der Waals surface area contributed by atoms with Crippen LogP contribution in [0.1, 0.15) is 10.6 Å². The zero-order chi connectivity index (χ0) is 16.8. The van der Waals surface area contributed by atoms with E-state index in [1.807, 2.05) is 30.3 Å². The van der Waals surface area contributed by atoms with Crippen molar-refractivity contribution < 1.29 is 9.18 Å². The van der Waals surface area contributed by atoms with Gasteiger partial charge in [0, 0.05) is 27.6 Å². The first-order valence-electron chi connectivity index (χ1n) is 7.43. The highest BCUT2D eigenvalue weighted by Gasteiger charge is 2.06. The molecule has 0 fully saturated rings. The Hall–Kier alpha value is -2.79. The van der Waals surface area contributed by atoms with Crippen molar-refractivity contribution in [1.82, 2.24) is 10.3 Å². The van der Waals surface area contributed by atoms with Crippen molar-refractivity contribution in [2.75, 3.05) is 0 Å². The molecule has 5 heteroatoms. The van der Waals surface area contributed by atoms with Gasteiger partial charge >= 0.3 is 0 Å². The summed E-state index contributed by atoms with van der Waals surface area (Å²) in [6.45, 7) is 0.384. The minimum atomic E-state index is -0.247. The van der Waals surface area contributed by atoms with Crippen molar-refractivity contribution in [3.05, 3.63) is 83.3 Å². The standard InChI is InChI=1S/C19H15FN2OS/c20-17-7-2-1-6-16(17)18-10-8-15(24-18)9-11-19(23)22-13-14-5-3-4-12-21-14/h1-12H,13H2,(H,22,23). The maximum Gasteiger partial charge on any atom is 0.244 e. The van der Waals surface area contributed by atoms with Crippen LogP contribution < -0.4 is 5.32 Å². The van der Waals surface area contributed by atoms with Crippen molar-refractivity contribution >= 4 is 23.3 Å². The molecule has 0 aliphatic carbocycles. The van der Waals surface area contributed by atoms with Crippen LogP contribution in [0.5, 0.6) is 0 Å². The zero-order valence-corrected chi connectivity index (χ0v) is 13.6. The fraction of sp³-hybridized carbons (Fsp3) is 0.0526. The van der Waals surface area contributed by atoms with Gasteiger partial charge in [0.1, 0.15) is 5.82 Å². The summed E-state index contributed by atoms with van der Waals surface area (Å²) in [5.41, 5.74) is 1.37. The van der Waals surface area contributed by atoms with E-state index in [0.717, 1.165) is 15.4 Å². The van der Waals surface area contributed by atoms with Gasteiger partial charge in [0.15, 0.2) is 0 Å². The van der Waals surface area contributed by atoms with Gasteiger partial charge in [-0.15, -0.1) is 11.3 Å². The Morgan fingerprint density at radius 3 is 2.75 bits per heavy atom. The smallest absolute Gasteiger partial charge is 0.244 e. The van der Waals surface area contributed by atoms with Crippen LogP contribution in [0, 0.1) is 5.82 Å². The SMILES string of the molecule is O=C(C=Cc1ccc(-c2ccccc2F)s1)NCc1ccccn1. The second kappa shape index (κ2) is 7.66. The average Bonchev–Trinajstić information content (AvgIpc) is 3.08. The lowest BCUT2D eigenvalue weighted by Crippen LogP contribution is -2.20. The van der Waals surface area contributed by atoms with Crippen LogP contribution in [0.15, 0.2) is 66.9 Å². The van der Waals surface area contributed by atoms with Crippen LogP contribution in [-0.4, -0.2) is 10.9 Å². The molecule has 0 aliphatic rings. The van der Waals surface area contributed by atoms with Crippen molar-refractivity contribution in [1.29, 1.82) is 0 Å². The highest BCUT2D eigenvalue weighted by Crippen LogP contribution is 2.30. The largest absolute Gasteiger partial charge is 0.347 e. The molecule has 0 spiro atoms. The topological polar surface area (TPSA) is 42.0 Å². The van der Waals surface area contributed by atoms with Crippen LogP contribution >= 0.6 is 11.3 Å². The summed E-state index contributed by atoms with van der Waals surface area (Å²) in [5.74, 6) is -0.440. The predicted molar refractivity (Wildman–Crippen MR) is 94.8 cm³/mol. The molecule has 1 amide bonds. The maximum absolute atomic E-state index is 13.8. The molecule has 2 aromatic heterocycles. The van der Waals surface area contributed by atoms with E-state index < -0.39 is 0 Å². The van der Waals surface area contributed by atoms with Crippen LogP contribution in [0.25, 0.3) is 16.5 Å². The number of amides is 1. The lowest BCUT2D eigenvalue weighted by atomic mass is 10.2. The molecule has 0 aliphatic heterocycles. The van der Waals surface area contributed by atoms with E-state index in [1.165, 1.54) is 23.5 Å². The zero-order valence-electron chi connectivity index (χ0n) is 12.8. The number of nitrogens with zero attached hydrogens (tertiary/aromatic N) is 1. The first-order chi connectivity index (χ1) is 11.7. The van der Waals surface area contributed by atoms with Gasteiger partial charge in [0.25, 0.3) is 0 Å². The van der Waals surface area contributed by atoms with Crippen LogP contribution in [0.4, 0.5) is 4.39 Å². The van der Waals surface area contributed by atoms with Gasteiger partial charge < -0.3 is 5.32 Å². The van der Waals surface area contributed by atoms with E-state index >= 15 is 0 Å². The van der Waals surface area contributed by atoms with E-state index in [9.17, 15) is 9.18 Å². The number of pyridine rings is 1. The summed E-state index contributed by atoms with van der Waals surface area (Å²) in [7, 11) is 0. The summed E-state index contributed by atoms with van der Waals surface area (Å²) in [4.78, 5) is 17.7. The number of nitrogens with one attached hydrogen (secondary N) is 1. The summed E-state index contributed by atoms with van der Waals surface area (Å²) in [6, 6.07) is 15.9. The van der Waals surface area contributed by atoms with E-state index in [-0.39, 0.29) is 11.7 Å². The molecule has 2 heterocycles. The molecule has 0 saturated heterocycles. The lowest BCUT2D eigenvalue weighted by molar-refractivity contribution is -0.116. The molecule has 120 valence electrons. The van der Waals surface area contributed by atoms with Gasteiger partial charge in [-0.25, -0.2) is 4.39 Å². The molecule has 3 rings (SSSR count). The third-order valence-corrected chi connectivity index (χ3v) is 4.42. The molecule has 0 unspecified atom stereocenters. The molecule has 3 aromatic rings. The van der Waals surface area contributed by atoms with Crippen molar-refractivity contribution in [3.8, 4) is 10.4 Å². The number of carbonyl (C=O) groups is 1. The monoisotopic (exact) mass is 338 g/mol. The number of thiophene rings is 1. The maximum atomic E-state index is 13.8. The number of hydrogen-bond acceptors (Lipinski definition) is 3. The number of rotatable bonds is 5. The second-order valence-corrected chi connectivity index (χ2v) is 6.17. The molecule has 0 atom stereocenters. The average molecular weight is 338 g/mol. The highest BCUT2D eigenvalue weighted by atomic mass is 32.1. The molecule has 0 radical (unpaired) electrons. The van der Waals surface area contributed by atoms with E-state index in [0.29, 0.717) is 12.1 Å². The number of aromatic nitrogens is 1. The van der Waals surface area contributed by atoms with E-state index in [2.05, 4.69) is 10.3 Å². The fourth-order valence-corrected chi connectivity index (χ4v) is 3.08. The van der Waals surface area contributed by atoms with Gasteiger partial charge in [-0.05, 0) is 36.4 Å². The summed E-state index contributed by atoms with van der Waals surface area (Å²) in [5, 5.41) is 2.77. The van der Waals surface area contributed by atoms with Gasteiger partial charge in [-0.1, -0.05) is 24.3 Å². The lowest BCUT2D eigenvalue weighted by Gasteiger charge is -2.00. The van der Waals surface area contributed by atoms with Gasteiger partial charge in [-0.3, -0.25) is 9.78 Å². The molecule has 24 heavy (non-hydrogen) atoms. The third-order valence-electron chi connectivity index (χ3n) is 3.33. The Balaban J connectivity index is 1.61. The molecule has 1 N–H and O–H groups in total. The Kier molecular flexibility index (Phi) is 5.13. The molecular formula is C19H15FN2OS. The van der Waals surface area contributed by atoms with Crippen molar-refractivity contribution in [2.24, 2.45) is 0 Å². The first kappa shape index (κ1) is 16.1. The number of hydrogen-bond donors (Lipinski definition) is 1. The quantitative estimate of drug-likeness (QED) is 0.706. The van der Waals surface area contributed by atoms with Crippen molar-refractivity contribution in [3.63, 3.8) is 0 Å². The van der Waals surface area contributed by atoms with Crippen LogP contribution in [0.2, 0.25) is 0 Å². The third kappa shape index (κ3) is 4.14. The minimum Gasteiger partial charge on any atom is -0.347 e. The van der Waals surface area contributed by atoms with Crippen LogP contribution in [0.3, 0.4) is 0 Å². The second-order valence-electron chi connectivity index (χ2n) is 5.05. The van der Waals surface area contributed by atoms with Crippen LogP contribution in [-0.2, 0) is 11.3 Å². The predicted octanol–water partition coefficient (Wildman–Crippen LogP) is 4.28.